The third-order valence-corrected chi connectivity index (χ3v) is 3.57. The van der Waals surface area contributed by atoms with E-state index in [4.69, 9.17) is 5.73 Å². The van der Waals surface area contributed by atoms with Gasteiger partial charge in [0.25, 0.3) is 5.69 Å². The van der Waals surface area contributed by atoms with Crippen molar-refractivity contribution >= 4 is 23.1 Å². The lowest BCUT2D eigenvalue weighted by Crippen LogP contribution is -1.99. The molecular formula is C13H12N2O2S. The summed E-state index contributed by atoms with van der Waals surface area (Å²) in [5.41, 5.74) is 6.81. The molecule has 0 bridgehead atoms. The zero-order valence-electron chi connectivity index (χ0n) is 9.58. The zero-order valence-corrected chi connectivity index (χ0v) is 10.4. The highest BCUT2D eigenvalue weighted by atomic mass is 32.2. The van der Waals surface area contributed by atoms with Gasteiger partial charge in [0, 0.05) is 16.7 Å². The smallest absolute Gasteiger partial charge is 0.292 e. The lowest BCUT2D eigenvalue weighted by molar-refractivity contribution is -0.383. The fourth-order valence-electron chi connectivity index (χ4n) is 1.56. The molecule has 0 spiro atoms. The monoisotopic (exact) mass is 260 g/mol. The molecule has 0 aliphatic rings. The van der Waals surface area contributed by atoms with Crippen LogP contribution in [-0.2, 0) is 5.75 Å². The van der Waals surface area contributed by atoms with E-state index >= 15 is 0 Å². The summed E-state index contributed by atoms with van der Waals surface area (Å²) in [6.45, 7) is 0. The summed E-state index contributed by atoms with van der Waals surface area (Å²) < 4.78 is 0. The van der Waals surface area contributed by atoms with Crippen LogP contribution in [0.25, 0.3) is 0 Å². The maximum atomic E-state index is 10.8. The highest BCUT2D eigenvalue weighted by Crippen LogP contribution is 2.30. The molecule has 0 aliphatic heterocycles. The van der Waals surface area contributed by atoms with Crippen molar-refractivity contribution in [2.75, 3.05) is 5.73 Å². The molecule has 92 valence electrons. The Kier molecular flexibility index (Phi) is 3.84. The van der Waals surface area contributed by atoms with Crippen LogP contribution in [0.15, 0.2) is 53.4 Å². The largest absolute Gasteiger partial charge is 0.393 e. The first-order valence-electron chi connectivity index (χ1n) is 5.38. The van der Waals surface area contributed by atoms with Gasteiger partial charge in [-0.15, -0.1) is 11.8 Å². The molecule has 2 aromatic rings. The van der Waals surface area contributed by atoms with Crippen LogP contribution in [0, 0.1) is 10.1 Å². The standard InChI is InChI=1S/C13H12N2O2S/c14-13-10(5-4-8-12(13)15(16)17)9-18-11-6-2-1-3-7-11/h1-8H,9,14H2. The van der Waals surface area contributed by atoms with Crippen LogP contribution in [0.5, 0.6) is 0 Å². The molecule has 0 unspecified atom stereocenters. The van der Waals surface area contributed by atoms with E-state index in [9.17, 15) is 10.1 Å². The molecule has 0 saturated carbocycles. The van der Waals surface area contributed by atoms with E-state index in [0.29, 0.717) is 5.75 Å². The van der Waals surface area contributed by atoms with Gasteiger partial charge in [-0.2, -0.15) is 0 Å². The Labute approximate surface area is 109 Å². The van der Waals surface area contributed by atoms with Gasteiger partial charge in [-0.25, -0.2) is 0 Å². The number of nitrogen functional groups attached to an aromatic ring is 1. The summed E-state index contributed by atoms with van der Waals surface area (Å²) in [5.74, 6) is 0.623. The normalized spacial score (nSPS) is 10.2. The SMILES string of the molecule is Nc1c(CSc2ccccc2)cccc1[N+](=O)[O-]. The number of benzene rings is 2. The van der Waals surface area contributed by atoms with Crippen LogP contribution < -0.4 is 5.73 Å². The molecule has 0 amide bonds. The number of nitro benzene ring substituents is 1. The molecule has 0 atom stereocenters. The van der Waals surface area contributed by atoms with E-state index < -0.39 is 4.92 Å². The average Bonchev–Trinajstić information content (AvgIpc) is 2.38. The highest BCUT2D eigenvalue weighted by molar-refractivity contribution is 7.98. The van der Waals surface area contributed by atoms with Crippen LogP contribution in [0.3, 0.4) is 0 Å². The molecule has 0 fully saturated rings. The van der Waals surface area contributed by atoms with Gasteiger partial charge in [-0.3, -0.25) is 10.1 Å². The molecule has 2 rings (SSSR count). The zero-order chi connectivity index (χ0) is 13.0. The van der Waals surface area contributed by atoms with E-state index in [2.05, 4.69) is 0 Å². The number of para-hydroxylation sites is 1. The Morgan fingerprint density at radius 1 is 1.11 bits per heavy atom. The van der Waals surface area contributed by atoms with E-state index in [1.165, 1.54) is 6.07 Å². The fourth-order valence-corrected chi connectivity index (χ4v) is 2.49. The van der Waals surface area contributed by atoms with Gasteiger partial charge in [-0.05, 0) is 17.7 Å². The molecule has 0 aliphatic carbocycles. The maximum Gasteiger partial charge on any atom is 0.292 e. The summed E-state index contributed by atoms with van der Waals surface area (Å²) >= 11 is 1.61. The van der Waals surface area contributed by atoms with Crippen molar-refractivity contribution in [1.29, 1.82) is 0 Å². The maximum absolute atomic E-state index is 10.8. The number of thioether (sulfide) groups is 1. The molecule has 0 saturated heterocycles. The van der Waals surface area contributed by atoms with Gasteiger partial charge >= 0.3 is 0 Å². The van der Waals surface area contributed by atoms with Gasteiger partial charge < -0.3 is 5.73 Å². The van der Waals surface area contributed by atoms with Crippen molar-refractivity contribution in [3.8, 4) is 0 Å². The average molecular weight is 260 g/mol. The van der Waals surface area contributed by atoms with Crippen molar-refractivity contribution < 1.29 is 4.92 Å². The topological polar surface area (TPSA) is 69.2 Å². The number of hydrogen-bond acceptors (Lipinski definition) is 4. The predicted molar refractivity (Wildman–Crippen MR) is 73.5 cm³/mol. The van der Waals surface area contributed by atoms with Gasteiger partial charge in [0.05, 0.1) is 4.92 Å². The number of rotatable bonds is 4. The van der Waals surface area contributed by atoms with E-state index in [-0.39, 0.29) is 11.4 Å². The predicted octanol–water partition coefficient (Wildman–Crippen LogP) is 3.47. The van der Waals surface area contributed by atoms with E-state index in [0.717, 1.165) is 10.5 Å². The number of hydrogen-bond donors (Lipinski definition) is 1. The minimum absolute atomic E-state index is 0.0267. The van der Waals surface area contributed by atoms with Crippen molar-refractivity contribution in [1.82, 2.24) is 0 Å². The second kappa shape index (κ2) is 5.55. The van der Waals surface area contributed by atoms with Gasteiger partial charge in [0.1, 0.15) is 5.69 Å². The Bertz CT molecular complexity index is 558. The Balaban J connectivity index is 2.15. The fraction of sp³-hybridized carbons (Fsp3) is 0.0769. The highest BCUT2D eigenvalue weighted by Gasteiger charge is 2.13. The number of nitro groups is 1. The summed E-state index contributed by atoms with van der Waals surface area (Å²) in [6.07, 6.45) is 0. The summed E-state index contributed by atoms with van der Waals surface area (Å²) in [5, 5.41) is 10.8. The Hall–Kier alpha value is -2.01. The lowest BCUT2D eigenvalue weighted by Gasteiger charge is -2.05. The second-order valence-corrected chi connectivity index (χ2v) is 4.76. The van der Waals surface area contributed by atoms with Gasteiger partial charge in [0.15, 0.2) is 0 Å². The summed E-state index contributed by atoms with van der Waals surface area (Å²) in [7, 11) is 0. The van der Waals surface area contributed by atoms with Crippen molar-refractivity contribution in [2.24, 2.45) is 0 Å². The molecule has 18 heavy (non-hydrogen) atoms. The van der Waals surface area contributed by atoms with Gasteiger partial charge in [-0.1, -0.05) is 30.3 Å². The quantitative estimate of drug-likeness (QED) is 0.395. The number of anilines is 1. The minimum atomic E-state index is -0.452. The van der Waals surface area contributed by atoms with Crippen LogP contribution >= 0.6 is 11.8 Å². The van der Waals surface area contributed by atoms with E-state index in [1.54, 1.807) is 17.8 Å². The second-order valence-electron chi connectivity index (χ2n) is 3.71. The summed E-state index contributed by atoms with van der Waals surface area (Å²) in [6, 6.07) is 14.8. The van der Waals surface area contributed by atoms with Crippen LogP contribution in [0.1, 0.15) is 5.56 Å². The third kappa shape index (κ3) is 2.81. The van der Waals surface area contributed by atoms with Crippen molar-refractivity contribution in [3.63, 3.8) is 0 Å². The van der Waals surface area contributed by atoms with Crippen molar-refractivity contribution in [3.05, 3.63) is 64.2 Å². The Morgan fingerprint density at radius 2 is 1.83 bits per heavy atom. The molecule has 0 heterocycles. The summed E-state index contributed by atoms with van der Waals surface area (Å²) in [4.78, 5) is 11.4. The molecule has 4 nitrogen and oxygen atoms in total. The first kappa shape index (κ1) is 12.4. The third-order valence-electron chi connectivity index (χ3n) is 2.51. The van der Waals surface area contributed by atoms with Crippen molar-refractivity contribution in [2.45, 2.75) is 10.6 Å². The Morgan fingerprint density at radius 3 is 2.50 bits per heavy atom. The number of nitrogens with zero attached hydrogens (tertiary/aromatic N) is 1. The molecule has 0 aromatic heterocycles. The van der Waals surface area contributed by atoms with Gasteiger partial charge in [0.2, 0.25) is 0 Å². The van der Waals surface area contributed by atoms with Crippen LogP contribution in [0.4, 0.5) is 11.4 Å². The minimum Gasteiger partial charge on any atom is -0.393 e. The molecular weight excluding hydrogens is 248 g/mol. The molecule has 0 radical (unpaired) electrons. The number of nitrogens with two attached hydrogens (primary N) is 1. The van der Waals surface area contributed by atoms with Crippen LogP contribution in [-0.4, -0.2) is 4.92 Å². The molecule has 2 aromatic carbocycles. The molecule has 5 heteroatoms. The molecule has 2 N–H and O–H groups in total. The first-order chi connectivity index (χ1) is 8.68. The lowest BCUT2D eigenvalue weighted by atomic mass is 10.2. The van der Waals surface area contributed by atoms with Crippen LogP contribution in [0.2, 0.25) is 0 Å². The van der Waals surface area contributed by atoms with E-state index in [1.807, 2.05) is 36.4 Å². The first-order valence-corrected chi connectivity index (χ1v) is 6.36.